The second-order valence-electron chi connectivity index (χ2n) is 8.05. The molecule has 0 saturated carbocycles. The lowest BCUT2D eigenvalue weighted by atomic mass is 9.82. The molecule has 2 aromatic rings. The number of nitrogens with zero attached hydrogens (tertiary/aromatic N) is 2. The van der Waals surface area contributed by atoms with Gasteiger partial charge in [0.2, 0.25) is 5.91 Å². The average molecular weight is 412 g/mol. The van der Waals surface area contributed by atoms with Gasteiger partial charge in [-0.25, -0.2) is 4.39 Å². The first-order chi connectivity index (χ1) is 14.4. The number of carbonyl (C=O) groups excluding carboxylic acids is 2. The average Bonchev–Trinajstić information content (AvgIpc) is 2.78. The van der Waals surface area contributed by atoms with Crippen LogP contribution >= 0.6 is 0 Å². The first kappa shape index (κ1) is 20.2. The van der Waals surface area contributed by atoms with Crippen molar-refractivity contribution in [2.24, 2.45) is 0 Å². The van der Waals surface area contributed by atoms with Gasteiger partial charge in [0.1, 0.15) is 19.0 Å². The lowest BCUT2D eigenvalue weighted by molar-refractivity contribution is -0.137. The van der Waals surface area contributed by atoms with E-state index in [4.69, 9.17) is 9.47 Å². The van der Waals surface area contributed by atoms with Crippen molar-refractivity contribution in [3.05, 3.63) is 59.4 Å². The summed E-state index contributed by atoms with van der Waals surface area (Å²) >= 11 is 0. The number of piperazine rings is 1. The van der Waals surface area contributed by atoms with Crippen molar-refractivity contribution in [2.75, 3.05) is 39.4 Å². The summed E-state index contributed by atoms with van der Waals surface area (Å²) in [5, 5.41) is 0. The van der Waals surface area contributed by atoms with Gasteiger partial charge in [0, 0.05) is 26.2 Å². The molecule has 1 saturated heterocycles. The lowest BCUT2D eigenvalue weighted by Crippen LogP contribution is -2.54. The molecule has 0 aromatic heterocycles. The largest absolute Gasteiger partial charge is 0.486 e. The Morgan fingerprint density at radius 2 is 1.53 bits per heavy atom. The number of ether oxygens (including phenoxy) is 2. The Balaban J connectivity index is 1.43. The maximum absolute atomic E-state index is 13.9. The third-order valence-corrected chi connectivity index (χ3v) is 5.76. The quantitative estimate of drug-likeness (QED) is 0.778. The van der Waals surface area contributed by atoms with E-state index in [1.165, 1.54) is 12.1 Å². The van der Waals surface area contributed by atoms with E-state index in [-0.39, 0.29) is 17.4 Å². The zero-order valence-electron chi connectivity index (χ0n) is 17.2. The standard InChI is InChI=1S/C23H25FN2O4/c1-23(2,16-7-8-19-20(15-16)30-14-13-29-19)22(28)26-11-9-25(10-12-26)21(27)17-5-3-4-6-18(17)24/h3-8,15H,9-14H2,1-2H3. The predicted octanol–water partition coefficient (Wildman–Crippen LogP) is 2.86. The number of amides is 2. The van der Waals surface area contributed by atoms with Gasteiger partial charge >= 0.3 is 0 Å². The van der Waals surface area contributed by atoms with Crippen LogP contribution in [0.4, 0.5) is 4.39 Å². The molecule has 0 unspecified atom stereocenters. The fourth-order valence-corrected chi connectivity index (χ4v) is 3.87. The molecule has 0 radical (unpaired) electrons. The van der Waals surface area contributed by atoms with Crippen LogP contribution in [0.1, 0.15) is 29.8 Å². The normalized spacial score (nSPS) is 16.4. The lowest BCUT2D eigenvalue weighted by Gasteiger charge is -2.39. The van der Waals surface area contributed by atoms with E-state index in [2.05, 4.69) is 0 Å². The van der Waals surface area contributed by atoms with Gasteiger partial charge < -0.3 is 19.3 Å². The molecular weight excluding hydrogens is 387 g/mol. The molecule has 2 amide bonds. The maximum atomic E-state index is 13.9. The molecule has 30 heavy (non-hydrogen) atoms. The van der Waals surface area contributed by atoms with Gasteiger partial charge in [-0.15, -0.1) is 0 Å². The van der Waals surface area contributed by atoms with Gasteiger partial charge in [-0.3, -0.25) is 9.59 Å². The van der Waals surface area contributed by atoms with E-state index < -0.39 is 11.2 Å². The van der Waals surface area contributed by atoms with Crippen molar-refractivity contribution in [1.82, 2.24) is 9.80 Å². The number of fused-ring (bicyclic) bond motifs is 1. The third-order valence-electron chi connectivity index (χ3n) is 5.76. The SMILES string of the molecule is CC(C)(C(=O)N1CCN(C(=O)c2ccccc2F)CC1)c1ccc2c(c1)OCCO2. The molecule has 2 aromatic carbocycles. The summed E-state index contributed by atoms with van der Waals surface area (Å²) in [5.41, 5.74) is 0.156. The zero-order valence-corrected chi connectivity index (χ0v) is 17.2. The molecular formula is C23H25FN2O4. The minimum atomic E-state index is -0.756. The highest BCUT2D eigenvalue weighted by Crippen LogP contribution is 2.36. The van der Waals surface area contributed by atoms with Crippen LogP contribution < -0.4 is 9.47 Å². The fourth-order valence-electron chi connectivity index (χ4n) is 3.87. The molecule has 0 aliphatic carbocycles. The highest BCUT2D eigenvalue weighted by Gasteiger charge is 2.36. The smallest absolute Gasteiger partial charge is 0.256 e. The van der Waals surface area contributed by atoms with E-state index in [1.54, 1.807) is 21.9 Å². The van der Waals surface area contributed by atoms with Crippen LogP contribution in [0, 0.1) is 5.82 Å². The van der Waals surface area contributed by atoms with Gasteiger partial charge in [-0.2, -0.15) is 0 Å². The maximum Gasteiger partial charge on any atom is 0.256 e. The minimum absolute atomic E-state index is 0.0165. The van der Waals surface area contributed by atoms with E-state index in [0.717, 1.165) is 5.56 Å². The minimum Gasteiger partial charge on any atom is -0.486 e. The molecule has 0 bridgehead atoms. The first-order valence-electron chi connectivity index (χ1n) is 10.1. The summed E-state index contributed by atoms with van der Waals surface area (Å²) in [6.45, 7) is 6.34. The van der Waals surface area contributed by atoms with Crippen molar-refractivity contribution in [2.45, 2.75) is 19.3 Å². The Morgan fingerprint density at radius 1 is 0.900 bits per heavy atom. The van der Waals surface area contributed by atoms with Crippen molar-refractivity contribution < 1.29 is 23.5 Å². The Hall–Kier alpha value is -3.09. The van der Waals surface area contributed by atoms with Gasteiger partial charge in [-0.1, -0.05) is 18.2 Å². The topological polar surface area (TPSA) is 59.1 Å². The number of halogens is 1. The summed E-state index contributed by atoms with van der Waals surface area (Å²) in [7, 11) is 0. The van der Waals surface area contributed by atoms with Crippen LogP contribution in [0.5, 0.6) is 11.5 Å². The third kappa shape index (κ3) is 3.72. The van der Waals surface area contributed by atoms with Gasteiger partial charge in [0.15, 0.2) is 11.5 Å². The first-order valence-corrected chi connectivity index (χ1v) is 10.1. The van der Waals surface area contributed by atoms with Crippen LogP contribution in [0.15, 0.2) is 42.5 Å². The molecule has 0 N–H and O–H groups in total. The number of rotatable bonds is 3. The molecule has 6 nitrogen and oxygen atoms in total. The van der Waals surface area contributed by atoms with Crippen LogP contribution in [-0.2, 0) is 10.2 Å². The summed E-state index contributed by atoms with van der Waals surface area (Å²) in [5.74, 6) is 0.456. The van der Waals surface area contributed by atoms with Crippen LogP contribution in [0.3, 0.4) is 0 Å². The van der Waals surface area contributed by atoms with Crippen LogP contribution in [-0.4, -0.2) is 61.0 Å². The molecule has 0 atom stereocenters. The van der Waals surface area contributed by atoms with Gasteiger partial charge in [-0.05, 0) is 43.7 Å². The van der Waals surface area contributed by atoms with Crippen molar-refractivity contribution in [3.8, 4) is 11.5 Å². The van der Waals surface area contributed by atoms with E-state index in [1.807, 2.05) is 32.0 Å². The molecule has 0 spiro atoms. The Bertz CT molecular complexity index is 967. The predicted molar refractivity (Wildman–Crippen MR) is 109 cm³/mol. The highest BCUT2D eigenvalue weighted by atomic mass is 19.1. The van der Waals surface area contributed by atoms with E-state index in [9.17, 15) is 14.0 Å². The molecule has 7 heteroatoms. The monoisotopic (exact) mass is 412 g/mol. The van der Waals surface area contributed by atoms with Crippen molar-refractivity contribution in [1.29, 1.82) is 0 Å². The summed E-state index contributed by atoms with van der Waals surface area (Å²) in [6, 6.07) is 11.6. The Labute approximate surface area is 175 Å². The summed E-state index contributed by atoms with van der Waals surface area (Å²) in [6.07, 6.45) is 0. The van der Waals surface area contributed by atoms with Gasteiger partial charge in [0.05, 0.1) is 11.0 Å². The number of hydrogen-bond donors (Lipinski definition) is 0. The van der Waals surface area contributed by atoms with E-state index >= 15 is 0 Å². The van der Waals surface area contributed by atoms with Crippen LogP contribution in [0.25, 0.3) is 0 Å². The summed E-state index contributed by atoms with van der Waals surface area (Å²) in [4.78, 5) is 29.3. The highest BCUT2D eigenvalue weighted by molar-refractivity contribution is 5.95. The number of carbonyl (C=O) groups is 2. The summed E-state index contributed by atoms with van der Waals surface area (Å²) < 4.78 is 25.1. The molecule has 158 valence electrons. The molecule has 2 aliphatic heterocycles. The number of benzene rings is 2. The van der Waals surface area contributed by atoms with Crippen molar-refractivity contribution >= 4 is 11.8 Å². The van der Waals surface area contributed by atoms with Crippen LogP contribution in [0.2, 0.25) is 0 Å². The number of hydrogen-bond acceptors (Lipinski definition) is 4. The van der Waals surface area contributed by atoms with Gasteiger partial charge in [0.25, 0.3) is 5.91 Å². The molecule has 1 fully saturated rings. The molecule has 2 aliphatic rings. The van der Waals surface area contributed by atoms with Crippen molar-refractivity contribution in [3.63, 3.8) is 0 Å². The molecule has 2 heterocycles. The Kier molecular flexibility index (Phi) is 5.37. The zero-order chi connectivity index (χ0) is 21.3. The second kappa shape index (κ2) is 7.97. The molecule has 4 rings (SSSR count). The second-order valence-corrected chi connectivity index (χ2v) is 8.05. The fraction of sp³-hybridized carbons (Fsp3) is 0.391. The van der Waals surface area contributed by atoms with E-state index in [0.29, 0.717) is 50.9 Å². The Morgan fingerprint density at radius 3 is 2.23 bits per heavy atom.